The van der Waals surface area contributed by atoms with Gasteiger partial charge in [-0.1, -0.05) is 30.3 Å². The first kappa shape index (κ1) is 32.6. The number of nitrogens with zero attached hydrogens (tertiary/aromatic N) is 7. The van der Waals surface area contributed by atoms with Crippen molar-refractivity contribution >= 4 is 34.7 Å². The Bertz CT molecular complexity index is 2310. The van der Waals surface area contributed by atoms with Gasteiger partial charge in [0, 0.05) is 61.0 Å². The van der Waals surface area contributed by atoms with Crippen LogP contribution < -0.4 is 15.9 Å². The number of carboxylic acid groups (broad SMARTS) is 1. The van der Waals surface area contributed by atoms with Crippen molar-refractivity contribution in [2.24, 2.45) is 5.92 Å². The molecule has 51 heavy (non-hydrogen) atoms. The van der Waals surface area contributed by atoms with Crippen molar-refractivity contribution in [2.45, 2.75) is 39.0 Å². The van der Waals surface area contributed by atoms with Gasteiger partial charge in [-0.15, -0.1) is 0 Å². The van der Waals surface area contributed by atoms with Crippen LogP contribution in [-0.4, -0.2) is 84.7 Å². The van der Waals surface area contributed by atoms with E-state index in [1.54, 1.807) is 11.1 Å². The van der Waals surface area contributed by atoms with Crippen molar-refractivity contribution in [3.63, 3.8) is 0 Å². The predicted molar refractivity (Wildman–Crippen MR) is 192 cm³/mol. The Morgan fingerprint density at radius 2 is 1.90 bits per heavy atom. The number of pyridine rings is 2. The highest BCUT2D eigenvalue weighted by atomic mass is 16.4. The number of oxazole rings is 1. The molecule has 6 heterocycles. The number of hydrogen-bond acceptors (Lipinski definition) is 11. The number of anilines is 1. The van der Waals surface area contributed by atoms with Crippen LogP contribution in [0.4, 0.5) is 5.69 Å². The monoisotopic (exact) mass is 682 g/mol. The average Bonchev–Trinajstić information content (AvgIpc) is 3.89. The van der Waals surface area contributed by atoms with Gasteiger partial charge in [0.2, 0.25) is 5.89 Å². The minimum absolute atomic E-state index is 0.301. The van der Waals surface area contributed by atoms with Gasteiger partial charge in [0.1, 0.15) is 16.7 Å². The highest BCUT2D eigenvalue weighted by Gasteiger charge is 2.28. The van der Waals surface area contributed by atoms with E-state index in [1.165, 1.54) is 0 Å². The number of rotatable bonds is 9. The maximum atomic E-state index is 11.4. The number of hydrogen-bond donors (Lipinski definition) is 3. The van der Waals surface area contributed by atoms with Crippen LogP contribution in [0.3, 0.4) is 0 Å². The molecular formula is C39H38N8O4. The third-order valence-corrected chi connectivity index (χ3v) is 10.1. The minimum atomic E-state index is -0.732. The van der Waals surface area contributed by atoms with Gasteiger partial charge in [-0.25, -0.2) is 9.97 Å². The molecule has 3 aliphatic rings. The summed E-state index contributed by atoms with van der Waals surface area (Å²) in [6, 6.07) is 19.8. The van der Waals surface area contributed by atoms with Gasteiger partial charge < -0.3 is 19.9 Å². The Morgan fingerprint density at radius 1 is 1.04 bits per heavy atom. The summed E-state index contributed by atoms with van der Waals surface area (Å²) in [5.41, 5.74) is 7.64. The molecule has 12 nitrogen and oxygen atoms in total. The molecule has 2 fully saturated rings. The maximum Gasteiger partial charge on any atom is 0.307 e. The van der Waals surface area contributed by atoms with Crippen LogP contribution in [0, 0.1) is 24.3 Å². The number of aliphatic carboxylic acids is 1. The number of carboxylic acids is 1. The average molecular weight is 683 g/mol. The molecule has 0 radical (unpaired) electrons. The van der Waals surface area contributed by atoms with Crippen molar-refractivity contribution < 1.29 is 19.4 Å². The Kier molecular flexibility index (Phi) is 8.69. The molecule has 0 saturated carbocycles. The number of fused-ring (bicyclic) bond motifs is 2. The number of aliphatic hydroxyl groups is 1. The normalized spacial score (nSPS) is 19.2. The summed E-state index contributed by atoms with van der Waals surface area (Å²) >= 11 is 0. The summed E-state index contributed by atoms with van der Waals surface area (Å²) in [6.45, 7) is 6.55. The molecular weight excluding hydrogens is 644 g/mol. The predicted octanol–water partition coefficient (Wildman–Crippen LogP) is 3.49. The largest absolute Gasteiger partial charge is 0.481 e. The van der Waals surface area contributed by atoms with Crippen LogP contribution in [0.15, 0.2) is 71.3 Å². The van der Waals surface area contributed by atoms with Crippen LogP contribution in [0.25, 0.3) is 45.7 Å². The highest BCUT2D eigenvalue weighted by molar-refractivity contribution is 5.80. The van der Waals surface area contributed by atoms with Gasteiger partial charge in [0.05, 0.1) is 30.0 Å². The zero-order valence-corrected chi connectivity index (χ0v) is 28.3. The van der Waals surface area contributed by atoms with E-state index in [1.807, 2.05) is 67.6 Å². The Balaban J connectivity index is 1.06. The molecule has 3 aromatic heterocycles. The number of carbonyl (C=O) groups is 1. The lowest BCUT2D eigenvalue weighted by Crippen LogP contribution is -2.43. The van der Waals surface area contributed by atoms with Gasteiger partial charge in [-0.2, -0.15) is 5.26 Å². The fourth-order valence-corrected chi connectivity index (χ4v) is 7.28. The zero-order chi connectivity index (χ0) is 35.1. The van der Waals surface area contributed by atoms with Crippen LogP contribution in [0.1, 0.15) is 29.7 Å². The lowest BCUT2D eigenvalue weighted by Gasteiger charge is -2.24. The first-order valence-corrected chi connectivity index (χ1v) is 17.3. The number of nitriles is 1. The molecule has 2 aromatic carbocycles. The van der Waals surface area contributed by atoms with Gasteiger partial charge in [-0.3, -0.25) is 24.5 Å². The third kappa shape index (κ3) is 6.67. The number of aliphatic hydroxyl groups excluding tert-OH is 1. The van der Waals surface area contributed by atoms with E-state index >= 15 is 0 Å². The number of aromatic nitrogens is 3. The summed E-state index contributed by atoms with van der Waals surface area (Å²) in [6.07, 6.45) is 7.20. The first-order chi connectivity index (χ1) is 24.8. The van der Waals surface area contributed by atoms with Crippen LogP contribution >= 0.6 is 0 Å². The third-order valence-electron chi connectivity index (χ3n) is 10.1. The molecule has 8 rings (SSSR count). The molecule has 12 heteroatoms. The lowest BCUT2D eigenvalue weighted by molar-refractivity contribution is -0.141. The van der Waals surface area contributed by atoms with Gasteiger partial charge in [0.15, 0.2) is 11.8 Å². The summed E-state index contributed by atoms with van der Waals surface area (Å²) in [7, 11) is 0. The van der Waals surface area contributed by atoms with Crippen molar-refractivity contribution in [3.8, 4) is 28.9 Å². The maximum absolute atomic E-state index is 11.4. The minimum Gasteiger partial charge on any atom is -0.481 e. The van der Waals surface area contributed by atoms with E-state index in [-0.39, 0.29) is 12.0 Å². The molecule has 0 bridgehead atoms. The van der Waals surface area contributed by atoms with Crippen molar-refractivity contribution in [1.82, 2.24) is 29.7 Å². The van der Waals surface area contributed by atoms with E-state index in [4.69, 9.17) is 19.4 Å². The molecule has 3 aliphatic heterocycles. The van der Waals surface area contributed by atoms with Crippen molar-refractivity contribution in [1.29, 1.82) is 5.26 Å². The second-order valence-corrected chi connectivity index (χ2v) is 13.6. The quantitative estimate of drug-likeness (QED) is 0.195. The molecule has 2 saturated heterocycles. The number of nitrogens with one attached hydrogen (secondary N) is 1. The highest BCUT2D eigenvalue weighted by Crippen LogP contribution is 2.32. The van der Waals surface area contributed by atoms with Crippen LogP contribution in [-0.2, 0) is 17.9 Å². The molecule has 0 amide bonds. The van der Waals surface area contributed by atoms with Gasteiger partial charge in [0.25, 0.3) is 0 Å². The van der Waals surface area contributed by atoms with Crippen LogP contribution in [0.5, 0.6) is 0 Å². The zero-order valence-electron chi connectivity index (χ0n) is 28.3. The van der Waals surface area contributed by atoms with Crippen LogP contribution in [0.2, 0.25) is 0 Å². The molecule has 2 atom stereocenters. The Morgan fingerprint density at radius 3 is 2.71 bits per heavy atom. The number of likely N-dealkylation sites (tertiary alicyclic amines) is 2. The second kappa shape index (κ2) is 13.6. The number of benzene rings is 2. The molecule has 258 valence electrons. The van der Waals surface area contributed by atoms with Gasteiger partial charge >= 0.3 is 5.97 Å². The Hall–Kier alpha value is -5.61. The summed E-state index contributed by atoms with van der Waals surface area (Å²) in [5.74, 6) is 0.0710. The first-order valence-electron chi connectivity index (χ1n) is 17.3. The van der Waals surface area contributed by atoms with E-state index in [0.717, 1.165) is 69.6 Å². The summed E-state index contributed by atoms with van der Waals surface area (Å²) in [4.78, 5) is 31.9. The SMILES string of the molecule is Cc1c(NC2=c3nc(CN4CC[C@@H](O)C4)ccc3=CCN2C#N)cccc1-c1cc(-c2nc3cc(CN4CC[C@@H](C(=O)O)C4)ccc3o2)ccn1. The van der Waals surface area contributed by atoms with E-state index < -0.39 is 5.97 Å². The van der Waals surface area contributed by atoms with E-state index in [9.17, 15) is 20.3 Å². The molecule has 0 aliphatic carbocycles. The summed E-state index contributed by atoms with van der Waals surface area (Å²) in [5, 5.41) is 34.7. The fourth-order valence-electron chi connectivity index (χ4n) is 7.28. The van der Waals surface area contributed by atoms with Crippen molar-refractivity contribution in [3.05, 3.63) is 94.2 Å². The van der Waals surface area contributed by atoms with Crippen molar-refractivity contribution in [2.75, 3.05) is 38.0 Å². The fraction of sp³-hybridized carbons (Fsp3) is 0.308. The second-order valence-electron chi connectivity index (χ2n) is 13.6. The number of β-amino-alcohol motifs (C(OH)–C–C–N with tert-alkyl or cyclic N) is 1. The summed E-state index contributed by atoms with van der Waals surface area (Å²) < 4.78 is 6.18. The standard InChI is InChI=1S/C39H38N8O4/c1-24-31(3-2-4-32(24)43-37-36-26(11-16-47(37)23-40)6-7-29(42-36)21-46-15-12-30(48)22-46)33-18-27(9-13-41-33)38-44-34-17-25(5-8-35(34)51-38)19-45-14-10-28(20-45)39(49)50/h2-9,11,13,17-18,28,30,43,48H,10,12,14-16,19-22H2,1H3,(H,49,50)/t28-,30-/m1/s1. The molecule has 3 N–H and O–H groups in total. The molecule has 0 spiro atoms. The smallest absolute Gasteiger partial charge is 0.307 e. The lowest BCUT2D eigenvalue weighted by atomic mass is 10.0. The molecule has 5 aromatic rings. The van der Waals surface area contributed by atoms with E-state index in [0.29, 0.717) is 61.8 Å². The van der Waals surface area contributed by atoms with E-state index in [2.05, 4.69) is 27.4 Å². The molecule has 0 unspecified atom stereocenters. The topological polar surface area (TPSA) is 155 Å². The Labute approximate surface area is 294 Å². The van der Waals surface area contributed by atoms with Gasteiger partial charge in [-0.05, 0) is 73.8 Å².